The number of ether oxygens (including phenoxy) is 1. The first-order valence-corrected chi connectivity index (χ1v) is 9.76. The Labute approximate surface area is 117 Å². The Morgan fingerprint density at radius 2 is 1.95 bits per heavy atom. The van der Waals surface area contributed by atoms with Crippen LogP contribution in [0, 0.1) is 5.92 Å². The predicted molar refractivity (Wildman–Crippen MR) is 79.1 cm³/mol. The summed E-state index contributed by atoms with van der Waals surface area (Å²) in [4.78, 5) is 11.7. The first-order valence-electron chi connectivity index (χ1n) is 6.85. The molecular weight excluding hydrogens is 258 g/mol. The van der Waals surface area contributed by atoms with E-state index < -0.39 is 8.32 Å². The molecule has 1 rings (SSSR count). The Morgan fingerprint density at radius 3 is 2.37 bits per heavy atom. The first-order chi connectivity index (χ1) is 8.60. The van der Waals surface area contributed by atoms with Gasteiger partial charge in [-0.15, -0.1) is 0 Å². The number of amides is 1. The van der Waals surface area contributed by atoms with Crippen LogP contribution < -0.4 is 5.32 Å². The Kier molecular flexibility index (Phi) is 4.85. The smallest absolute Gasteiger partial charge is 0.234 e. The van der Waals surface area contributed by atoms with Crippen LogP contribution in [-0.4, -0.2) is 26.6 Å². The Balaban J connectivity index is 2.67. The molecule has 19 heavy (non-hydrogen) atoms. The second-order valence-electron chi connectivity index (χ2n) is 6.64. The zero-order valence-electron chi connectivity index (χ0n) is 13.1. The number of rotatable bonds is 5. The quantitative estimate of drug-likeness (QED) is 0.480. The van der Waals surface area contributed by atoms with Gasteiger partial charge in [0.05, 0.1) is 12.4 Å². The molecule has 0 unspecified atom stereocenters. The van der Waals surface area contributed by atoms with Gasteiger partial charge in [-0.05, 0) is 32.0 Å². The van der Waals surface area contributed by atoms with Crippen LogP contribution in [0.25, 0.3) is 0 Å². The van der Waals surface area contributed by atoms with Crippen LogP contribution in [-0.2, 0) is 14.0 Å². The average molecular weight is 285 g/mol. The number of carbonyl (C=O) groups excluding carboxylic acids is 1. The highest BCUT2D eigenvalue weighted by atomic mass is 28.4. The average Bonchev–Trinajstić information content (AvgIpc) is 2.20. The normalized spacial score (nSPS) is 25.9. The van der Waals surface area contributed by atoms with E-state index in [0.717, 1.165) is 0 Å². The van der Waals surface area contributed by atoms with Crippen molar-refractivity contribution in [3.8, 4) is 0 Å². The van der Waals surface area contributed by atoms with Gasteiger partial charge in [0.1, 0.15) is 5.92 Å². The van der Waals surface area contributed by atoms with Crippen molar-refractivity contribution in [2.24, 2.45) is 5.92 Å². The molecule has 110 valence electrons. The summed E-state index contributed by atoms with van der Waals surface area (Å²) in [5.74, 6) is -0.203. The Morgan fingerprint density at radius 1 is 1.37 bits per heavy atom. The standard InChI is InChI=1S/C14H27NO3Si/c1-8-9-17-13-11(12(16)15-13)10(2)18-19(6,7)14(3,4)5/h8-11,13H,1-7H3,(H,15,16)/b9-8-/t10-,11+,13-/m1/s1. The van der Waals surface area contributed by atoms with E-state index in [0.29, 0.717) is 0 Å². The fourth-order valence-electron chi connectivity index (χ4n) is 1.82. The lowest BCUT2D eigenvalue weighted by Crippen LogP contribution is -2.64. The summed E-state index contributed by atoms with van der Waals surface area (Å²) < 4.78 is 11.7. The van der Waals surface area contributed by atoms with Gasteiger partial charge in [-0.25, -0.2) is 0 Å². The van der Waals surface area contributed by atoms with Gasteiger partial charge in [-0.1, -0.05) is 26.8 Å². The zero-order valence-corrected chi connectivity index (χ0v) is 14.1. The van der Waals surface area contributed by atoms with Crippen molar-refractivity contribution in [2.75, 3.05) is 0 Å². The monoisotopic (exact) mass is 285 g/mol. The van der Waals surface area contributed by atoms with Gasteiger partial charge in [0.15, 0.2) is 14.5 Å². The fraction of sp³-hybridized carbons (Fsp3) is 0.786. The lowest BCUT2D eigenvalue weighted by Gasteiger charge is -2.44. The third-order valence-corrected chi connectivity index (χ3v) is 8.64. The fourth-order valence-corrected chi connectivity index (χ4v) is 3.25. The lowest BCUT2D eigenvalue weighted by molar-refractivity contribution is -0.154. The molecule has 0 bridgehead atoms. The van der Waals surface area contributed by atoms with Crippen LogP contribution in [0.4, 0.5) is 0 Å². The summed E-state index contributed by atoms with van der Waals surface area (Å²) in [6.07, 6.45) is 3.03. The third kappa shape index (κ3) is 3.60. The summed E-state index contributed by atoms with van der Waals surface area (Å²) in [5.41, 5.74) is 0. The molecule has 5 heteroatoms. The highest BCUT2D eigenvalue weighted by Crippen LogP contribution is 2.39. The van der Waals surface area contributed by atoms with Crippen molar-refractivity contribution < 1.29 is 14.0 Å². The Hall–Kier alpha value is -0.813. The zero-order chi connectivity index (χ0) is 14.8. The van der Waals surface area contributed by atoms with Crippen molar-refractivity contribution >= 4 is 14.2 Å². The second kappa shape index (κ2) is 5.67. The maximum absolute atomic E-state index is 11.7. The van der Waals surface area contributed by atoms with Gasteiger partial charge in [0.25, 0.3) is 0 Å². The molecule has 1 saturated heterocycles. The van der Waals surface area contributed by atoms with E-state index in [-0.39, 0.29) is 29.2 Å². The van der Waals surface area contributed by atoms with E-state index in [2.05, 4.69) is 39.2 Å². The molecular formula is C14H27NO3Si. The van der Waals surface area contributed by atoms with Gasteiger partial charge in [-0.3, -0.25) is 4.79 Å². The molecule has 1 heterocycles. The molecule has 0 aromatic heterocycles. The van der Waals surface area contributed by atoms with Crippen molar-refractivity contribution in [1.82, 2.24) is 5.32 Å². The largest absolute Gasteiger partial charge is 0.478 e. The molecule has 1 amide bonds. The molecule has 0 saturated carbocycles. The van der Waals surface area contributed by atoms with Crippen molar-refractivity contribution in [3.63, 3.8) is 0 Å². The summed E-state index contributed by atoms with van der Waals surface area (Å²) in [6.45, 7) is 14.8. The van der Waals surface area contributed by atoms with Crippen molar-refractivity contribution in [3.05, 3.63) is 12.3 Å². The Bertz CT molecular complexity index is 360. The SMILES string of the molecule is C/C=C\O[C@H]1NC(=O)[C@@H]1[C@@H](C)O[Si](C)(C)C(C)(C)C. The number of hydrogen-bond acceptors (Lipinski definition) is 3. The first kappa shape index (κ1) is 16.2. The summed E-state index contributed by atoms with van der Waals surface area (Å²) >= 11 is 0. The van der Waals surface area contributed by atoms with E-state index in [1.165, 1.54) is 0 Å². The summed E-state index contributed by atoms with van der Waals surface area (Å²) in [5, 5.41) is 2.90. The van der Waals surface area contributed by atoms with E-state index in [1.807, 2.05) is 13.8 Å². The van der Waals surface area contributed by atoms with Gasteiger partial charge >= 0.3 is 0 Å². The van der Waals surface area contributed by atoms with Crippen molar-refractivity contribution in [2.45, 2.75) is 65.1 Å². The summed E-state index contributed by atoms with van der Waals surface area (Å²) in [7, 11) is -1.86. The van der Waals surface area contributed by atoms with Crippen LogP contribution >= 0.6 is 0 Å². The molecule has 1 aliphatic heterocycles. The summed E-state index contributed by atoms with van der Waals surface area (Å²) in [6, 6.07) is 0. The molecule has 0 aliphatic carbocycles. The van der Waals surface area contributed by atoms with Crippen LogP contribution in [0.2, 0.25) is 18.1 Å². The molecule has 0 aromatic rings. The highest BCUT2D eigenvalue weighted by Gasteiger charge is 2.48. The van der Waals surface area contributed by atoms with Crippen LogP contribution in [0.3, 0.4) is 0 Å². The predicted octanol–water partition coefficient (Wildman–Crippen LogP) is 3.02. The van der Waals surface area contributed by atoms with Gasteiger partial charge in [0, 0.05) is 0 Å². The van der Waals surface area contributed by atoms with E-state index in [9.17, 15) is 4.79 Å². The molecule has 3 atom stereocenters. The molecule has 4 nitrogen and oxygen atoms in total. The maximum Gasteiger partial charge on any atom is 0.234 e. The minimum Gasteiger partial charge on any atom is -0.478 e. The van der Waals surface area contributed by atoms with E-state index in [4.69, 9.17) is 9.16 Å². The topological polar surface area (TPSA) is 47.6 Å². The van der Waals surface area contributed by atoms with Crippen molar-refractivity contribution in [1.29, 1.82) is 0 Å². The second-order valence-corrected chi connectivity index (χ2v) is 11.4. The maximum atomic E-state index is 11.7. The number of carbonyl (C=O) groups is 1. The molecule has 0 spiro atoms. The van der Waals surface area contributed by atoms with Crippen LogP contribution in [0.1, 0.15) is 34.6 Å². The molecule has 0 aromatic carbocycles. The minimum atomic E-state index is -1.86. The van der Waals surface area contributed by atoms with Gasteiger partial charge in [0.2, 0.25) is 5.91 Å². The minimum absolute atomic E-state index is 0.0145. The molecule has 0 radical (unpaired) electrons. The molecule has 1 fully saturated rings. The number of hydrogen-bond donors (Lipinski definition) is 1. The van der Waals surface area contributed by atoms with E-state index in [1.54, 1.807) is 12.3 Å². The highest BCUT2D eigenvalue weighted by molar-refractivity contribution is 6.74. The molecule has 1 N–H and O–H groups in total. The number of allylic oxidation sites excluding steroid dienone is 1. The number of nitrogens with one attached hydrogen (secondary N) is 1. The van der Waals surface area contributed by atoms with Gasteiger partial charge in [-0.2, -0.15) is 0 Å². The van der Waals surface area contributed by atoms with Gasteiger partial charge < -0.3 is 14.5 Å². The van der Waals surface area contributed by atoms with Crippen LogP contribution in [0.15, 0.2) is 12.3 Å². The van der Waals surface area contributed by atoms with E-state index >= 15 is 0 Å². The molecule has 1 aliphatic rings. The number of β-lactam (4-membered cyclic amide) rings is 1. The lowest BCUT2D eigenvalue weighted by atomic mass is 9.94. The van der Waals surface area contributed by atoms with Crippen LogP contribution in [0.5, 0.6) is 0 Å². The third-order valence-electron chi connectivity index (χ3n) is 4.07.